The second-order valence-corrected chi connectivity index (χ2v) is 12.7. The van der Waals surface area contributed by atoms with Crippen molar-refractivity contribution >= 4 is 66.7 Å². The van der Waals surface area contributed by atoms with Crippen LogP contribution in [0.2, 0.25) is 10.0 Å². The van der Waals surface area contributed by atoms with Gasteiger partial charge in [0.05, 0.1) is 10.6 Å². The first-order valence-electron chi connectivity index (χ1n) is 12.3. The SMILES string of the molecule is CCC(C(=O)NC(C)C)N(Cc1c(Cl)cccc1Cl)C(=O)CN(c1ccc(Br)cc1)S(=O)(=O)c1ccccc1. The average Bonchev–Trinajstić information content (AvgIpc) is 2.89. The Bertz CT molecular complexity index is 1380. The highest BCUT2D eigenvalue weighted by atomic mass is 79.9. The van der Waals surface area contributed by atoms with E-state index >= 15 is 0 Å². The number of hydrogen-bond donors (Lipinski definition) is 1. The van der Waals surface area contributed by atoms with Gasteiger partial charge in [0.1, 0.15) is 12.6 Å². The molecule has 0 aliphatic heterocycles. The zero-order chi connectivity index (χ0) is 28.7. The molecule has 7 nitrogen and oxygen atoms in total. The van der Waals surface area contributed by atoms with Crippen LogP contribution in [0.5, 0.6) is 0 Å². The van der Waals surface area contributed by atoms with Crippen molar-refractivity contribution in [1.82, 2.24) is 10.2 Å². The Labute approximate surface area is 248 Å². The van der Waals surface area contributed by atoms with E-state index in [1.165, 1.54) is 17.0 Å². The first-order valence-corrected chi connectivity index (χ1v) is 15.3. The molecule has 0 heterocycles. The minimum Gasteiger partial charge on any atom is -0.352 e. The Morgan fingerprint density at radius 2 is 1.51 bits per heavy atom. The van der Waals surface area contributed by atoms with Crippen LogP contribution in [0.3, 0.4) is 0 Å². The van der Waals surface area contributed by atoms with Crippen LogP contribution in [0.15, 0.2) is 82.2 Å². The molecule has 0 aromatic heterocycles. The summed E-state index contributed by atoms with van der Waals surface area (Å²) in [4.78, 5) is 28.6. The van der Waals surface area contributed by atoms with Gasteiger partial charge in [-0.15, -0.1) is 0 Å². The quantitative estimate of drug-likeness (QED) is 0.264. The highest BCUT2D eigenvalue weighted by molar-refractivity contribution is 9.10. The maximum atomic E-state index is 14.0. The first kappa shape index (κ1) is 30.9. The molecule has 3 rings (SSSR count). The Morgan fingerprint density at radius 3 is 2.05 bits per heavy atom. The van der Waals surface area contributed by atoms with Gasteiger partial charge in [0, 0.05) is 32.7 Å². The third kappa shape index (κ3) is 7.75. The van der Waals surface area contributed by atoms with Crippen molar-refractivity contribution in [2.45, 2.75) is 50.7 Å². The molecular formula is C28H30BrCl2N3O4S. The van der Waals surface area contributed by atoms with E-state index in [4.69, 9.17) is 23.2 Å². The maximum absolute atomic E-state index is 14.0. The van der Waals surface area contributed by atoms with Gasteiger partial charge in [0.25, 0.3) is 10.0 Å². The fourth-order valence-corrected chi connectivity index (χ4v) is 6.23. The predicted molar refractivity (Wildman–Crippen MR) is 159 cm³/mol. The molecule has 0 spiro atoms. The number of hydrogen-bond acceptors (Lipinski definition) is 4. The Hall–Kier alpha value is -2.59. The number of anilines is 1. The molecule has 2 amide bonds. The highest BCUT2D eigenvalue weighted by Crippen LogP contribution is 2.29. The van der Waals surface area contributed by atoms with Crippen LogP contribution in [0, 0.1) is 0 Å². The molecule has 0 aliphatic carbocycles. The van der Waals surface area contributed by atoms with E-state index in [-0.39, 0.29) is 29.8 Å². The predicted octanol–water partition coefficient (Wildman–Crippen LogP) is 6.28. The molecular weight excluding hydrogens is 625 g/mol. The first-order chi connectivity index (χ1) is 18.4. The molecule has 0 saturated carbocycles. The fourth-order valence-electron chi connectivity index (χ4n) is 4.01. The van der Waals surface area contributed by atoms with Gasteiger partial charge in [-0.2, -0.15) is 0 Å². The molecule has 1 N–H and O–H groups in total. The summed E-state index contributed by atoms with van der Waals surface area (Å²) in [6, 6.07) is 18.4. The van der Waals surface area contributed by atoms with Gasteiger partial charge in [-0.1, -0.05) is 70.3 Å². The van der Waals surface area contributed by atoms with E-state index < -0.39 is 28.5 Å². The number of sulfonamides is 1. The number of amides is 2. The summed E-state index contributed by atoms with van der Waals surface area (Å²) >= 11 is 16.2. The minimum absolute atomic E-state index is 0.0333. The Morgan fingerprint density at radius 1 is 0.923 bits per heavy atom. The van der Waals surface area contributed by atoms with Crippen molar-refractivity contribution in [3.8, 4) is 0 Å². The third-order valence-corrected chi connectivity index (χ3v) is 8.96. The van der Waals surface area contributed by atoms with Crippen LogP contribution >= 0.6 is 39.1 Å². The van der Waals surface area contributed by atoms with Crippen LogP contribution in [-0.4, -0.2) is 43.8 Å². The van der Waals surface area contributed by atoms with Crippen molar-refractivity contribution in [2.75, 3.05) is 10.8 Å². The Balaban J connectivity index is 2.09. The molecule has 0 saturated heterocycles. The van der Waals surface area contributed by atoms with E-state index in [2.05, 4.69) is 21.2 Å². The van der Waals surface area contributed by atoms with Crippen LogP contribution in [-0.2, 0) is 26.2 Å². The van der Waals surface area contributed by atoms with Gasteiger partial charge in [-0.05, 0) is 68.8 Å². The third-order valence-electron chi connectivity index (χ3n) is 5.93. The number of nitrogens with one attached hydrogen (secondary N) is 1. The number of halogens is 3. The maximum Gasteiger partial charge on any atom is 0.264 e. The summed E-state index contributed by atoms with van der Waals surface area (Å²) in [6.45, 7) is 4.80. The fraction of sp³-hybridized carbons (Fsp3) is 0.286. The van der Waals surface area contributed by atoms with E-state index in [9.17, 15) is 18.0 Å². The van der Waals surface area contributed by atoms with Crippen LogP contribution in [0.4, 0.5) is 5.69 Å². The average molecular weight is 655 g/mol. The lowest BCUT2D eigenvalue weighted by Crippen LogP contribution is -2.53. The van der Waals surface area contributed by atoms with Crippen molar-refractivity contribution in [2.24, 2.45) is 0 Å². The number of nitrogens with zero attached hydrogens (tertiary/aromatic N) is 2. The summed E-state index contributed by atoms with van der Waals surface area (Å²) in [5, 5.41) is 3.52. The van der Waals surface area contributed by atoms with E-state index in [0.29, 0.717) is 21.3 Å². The van der Waals surface area contributed by atoms with Crippen LogP contribution in [0.25, 0.3) is 0 Å². The zero-order valence-corrected chi connectivity index (χ0v) is 25.7. The lowest BCUT2D eigenvalue weighted by atomic mass is 10.1. The number of carbonyl (C=O) groups excluding carboxylic acids is 2. The van der Waals surface area contributed by atoms with Crippen molar-refractivity contribution in [3.05, 3.63) is 92.9 Å². The number of carbonyl (C=O) groups is 2. The van der Waals surface area contributed by atoms with Gasteiger partial charge in [-0.3, -0.25) is 13.9 Å². The van der Waals surface area contributed by atoms with Gasteiger partial charge >= 0.3 is 0 Å². The zero-order valence-electron chi connectivity index (χ0n) is 21.8. The highest BCUT2D eigenvalue weighted by Gasteiger charge is 2.34. The summed E-state index contributed by atoms with van der Waals surface area (Å²) in [6.07, 6.45) is 0.288. The van der Waals surface area contributed by atoms with E-state index in [1.807, 2.05) is 13.8 Å². The molecule has 1 unspecified atom stereocenters. The largest absolute Gasteiger partial charge is 0.352 e. The topological polar surface area (TPSA) is 86.8 Å². The standard InChI is InChI=1S/C28H30BrCl2N3O4S/c1-4-26(28(36)32-19(2)3)33(17-23-24(30)11-8-12-25(23)31)27(35)18-34(21-15-13-20(29)14-16-21)39(37,38)22-9-6-5-7-10-22/h5-16,19,26H,4,17-18H2,1-3H3,(H,32,36). The second-order valence-electron chi connectivity index (χ2n) is 9.11. The molecule has 0 fully saturated rings. The Kier molecular flexibility index (Phi) is 10.8. The number of rotatable bonds is 11. The van der Waals surface area contributed by atoms with Crippen molar-refractivity contribution < 1.29 is 18.0 Å². The lowest BCUT2D eigenvalue weighted by Gasteiger charge is -2.34. The van der Waals surface area contributed by atoms with E-state index in [1.54, 1.807) is 67.6 Å². The normalized spacial score (nSPS) is 12.2. The van der Waals surface area contributed by atoms with Crippen molar-refractivity contribution in [3.63, 3.8) is 0 Å². The lowest BCUT2D eigenvalue weighted by molar-refractivity contribution is -0.140. The molecule has 0 bridgehead atoms. The molecule has 0 aliphatic rings. The molecule has 0 radical (unpaired) electrons. The summed E-state index contributed by atoms with van der Waals surface area (Å²) < 4.78 is 29.4. The molecule has 3 aromatic carbocycles. The van der Waals surface area contributed by atoms with Gasteiger partial charge < -0.3 is 10.2 Å². The van der Waals surface area contributed by atoms with E-state index in [0.717, 1.165) is 8.78 Å². The minimum atomic E-state index is -4.14. The van der Waals surface area contributed by atoms with Crippen LogP contribution in [0.1, 0.15) is 32.8 Å². The monoisotopic (exact) mass is 653 g/mol. The second kappa shape index (κ2) is 13.7. The molecule has 208 valence electrons. The van der Waals surface area contributed by atoms with Crippen molar-refractivity contribution in [1.29, 1.82) is 0 Å². The summed E-state index contributed by atoms with van der Waals surface area (Å²) in [7, 11) is -4.14. The molecule has 1 atom stereocenters. The van der Waals surface area contributed by atoms with Gasteiger partial charge in [0.15, 0.2) is 0 Å². The molecule has 11 heteroatoms. The summed E-state index contributed by atoms with van der Waals surface area (Å²) in [5.41, 5.74) is 0.761. The molecule has 3 aromatic rings. The number of benzene rings is 3. The summed E-state index contributed by atoms with van der Waals surface area (Å²) in [5.74, 6) is -0.940. The smallest absolute Gasteiger partial charge is 0.264 e. The van der Waals surface area contributed by atoms with Gasteiger partial charge in [0.2, 0.25) is 11.8 Å². The molecule has 39 heavy (non-hydrogen) atoms. The van der Waals surface area contributed by atoms with Gasteiger partial charge in [-0.25, -0.2) is 8.42 Å². The van der Waals surface area contributed by atoms with Crippen LogP contribution < -0.4 is 9.62 Å².